The average Bonchev–Trinajstić information content (AvgIpc) is 3.46. The summed E-state index contributed by atoms with van der Waals surface area (Å²) < 4.78 is 6.61. The third-order valence-electron chi connectivity index (χ3n) is 6.53. The van der Waals surface area contributed by atoms with Crippen molar-refractivity contribution in [1.29, 1.82) is 0 Å². The van der Waals surface area contributed by atoms with Crippen molar-refractivity contribution in [2.75, 3.05) is 14.2 Å². The summed E-state index contributed by atoms with van der Waals surface area (Å²) in [5.74, 6) is -0.159. The van der Waals surface area contributed by atoms with Gasteiger partial charge in [-0.3, -0.25) is 19.1 Å². The van der Waals surface area contributed by atoms with Crippen molar-refractivity contribution in [2.24, 2.45) is 0 Å². The molecule has 2 heterocycles. The molecule has 2 N–H and O–H groups in total. The summed E-state index contributed by atoms with van der Waals surface area (Å²) >= 11 is 0. The molecule has 1 aromatic heterocycles. The van der Waals surface area contributed by atoms with E-state index in [1.165, 1.54) is 15.6 Å². The Balaban J connectivity index is 1.46. The molecule has 0 unspecified atom stereocenters. The maximum absolute atomic E-state index is 13.1. The first kappa shape index (κ1) is 21.9. The van der Waals surface area contributed by atoms with Gasteiger partial charge in [0.2, 0.25) is 5.91 Å². The summed E-state index contributed by atoms with van der Waals surface area (Å²) in [6, 6.07) is 9.01. The summed E-state index contributed by atoms with van der Waals surface area (Å²) in [4.78, 5) is 40.2. The number of nitrogens with zero attached hydrogens (tertiary/aromatic N) is 3. The van der Waals surface area contributed by atoms with Crippen LogP contribution < -0.4 is 15.4 Å². The topological polar surface area (TPSA) is 106 Å². The molecule has 3 amide bonds. The Labute approximate surface area is 187 Å². The molecule has 4 rings (SSSR count). The van der Waals surface area contributed by atoms with Crippen LogP contribution in [0.15, 0.2) is 30.3 Å². The predicted molar refractivity (Wildman–Crippen MR) is 117 cm³/mol. The van der Waals surface area contributed by atoms with Gasteiger partial charge >= 0.3 is 0 Å². The van der Waals surface area contributed by atoms with Crippen LogP contribution in [-0.4, -0.2) is 58.1 Å². The average molecular weight is 440 g/mol. The highest BCUT2D eigenvalue weighted by Gasteiger charge is 2.46. The highest BCUT2D eigenvalue weighted by atomic mass is 16.5. The molecule has 2 aliphatic rings. The smallest absolute Gasteiger partial charge is 0.272 e. The number of benzene rings is 1. The van der Waals surface area contributed by atoms with Gasteiger partial charge in [-0.1, -0.05) is 25.0 Å². The quantitative estimate of drug-likeness (QED) is 0.713. The van der Waals surface area contributed by atoms with Crippen molar-refractivity contribution in [3.63, 3.8) is 0 Å². The fourth-order valence-electron chi connectivity index (χ4n) is 4.27. The standard InChI is InChI=1S/C23H29N5O4/c1-23(22(31)25-16-6-4-5-7-16)14-28-19(21(30)27(23)2)12-18(26-28)20(29)24-13-15-8-10-17(32-3)11-9-15/h8-12,16H,4-7,13-14H2,1-3H3,(H,24,29)(H,25,31)/t23-/m1/s1. The van der Waals surface area contributed by atoms with Crippen molar-refractivity contribution in [2.45, 2.75) is 57.3 Å². The van der Waals surface area contributed by atoms with Crippen molar-refractivity contribution < 1.29 is 19.1 Å². The van der Waals surface area contributed by atoms with Gasteiger partial charge in [0, 0.05) is 25.7 Å². The van der Waals surface area contributed by atoms with Crippen molar-refractivity contribution in [1.82, 2.24) is 25.3 Å². The number of carbonyl (C=O) groups excluding carboxylic acids is 3. The lowest BCUT2D eigenvalue weighted by Gasteiger charge is -2.41. The van der Waals surface area contributed by atoms with Gasteiger partial charge in [0.25, 0.3) is 11.8 Å². The third-order valence-corrected chi connectivity index (χ3v) is 6.53. The van der Waals surface area contributed by atoms with Crippen LogP contribution in [0.25, 0.3) is 0 Å². The van der Waals surface area contributed by atoms with E-state index in [-0.39, 0.29) is 36.0 Å². The molecule has 0 saturated heterocycles. The molecule has 0 spiro atoms. The van der Waals surface area contributed by atoms with Gasteiger partial charge in [0.15, 0.2) is 5.69 Å². The summed E-state index contributed by atoms with van der Waals surface area (Å²) in [7, 11) is 3.22. The van der Waals surface area contributed by atoms with Crippen LogP contribution in [0.4, 0.5) is 0 Å². The van der Waals surface area contributed by atoms with Gasteiger partial charge in [0.05, 0.1) is 13.7 Å². The lowest BCUT2D eigenvalue weighted by atomic mass is 9.95. The number of amides is 3. The molecule has 1 aliphatic carbocycles. The Hall–Kier alpha value is -3.36. The molecule has 2 aromatic rings. The van der Waals surface area contributed by atoms with Crippen LogP contribution in [0.5, 0.6) is 5.75 Å². The molecule has 1 atom stereocenters. The molecule has 1 aromatic carbocycles. The number of aromatic nitrogens is 2. The zero-order valence-electron chi connectivity index (χ0n) is 18.7. The number of fused-ring (bicyclic) bond motifs is 1. The second-order valence-electron chi connectivity index (χ2n) is 8.70. The van der Waals surface area contributed by atoms with Gasteiger partial charge in [-0.2, -0.15) is 5.10 Å². The summed E-state index contributed by atoms with van der Waals surface area (Å²) in [6.07, 6.45) is 4.14. The predicted octanol–water partition coefficient (Wildman–Crippen LogP) is 1.72. The Morgan fingerprint density at radius 2 is 1.91 bits per heavy atom. The fraction of sp³-hybridized carbons (Fsp3) is 0.478. The molecule has 1 aliphatic heterocycles. The number of carbonyl (C=O) groups is 3. The van der Waals surface area contributed by atoms with E-state index >= 15 is 0 Å². The number of hydrogen-bond donors (Lipinski definition) is 2. The highest BCUT2D eigenvalue weighted by Crippen LogP contribution is 2.27. The van der Waals surface area contributed by atoms with Crippen molar-refractivity contribution in [3.8, 4) is 5.75 Å². The summed E-state index contributed by atoms with van der Waals surface area (Å²) in [5, 5.41) is 10.2. The SMILES string of the molecule is COc1ccc(CNC(=O)c2cc3n(n2)C[C@](C)(C(=O)NC2CCCC2)N(C)C3=O)cc1. The lowest BCUT2D eigenvalue weighted by molar-refractivity contribution is -0.133. The highest BCUT2D eigenvalue weighted by molar-refractivity contribution is 6.01. The largest absolute Gasteiger partial charge is 0.497 e. The first-order valence-electron chi connectivity index (χ1n) is 10.9. The minimum atomic E-state index is -1.07. The van der Waals surface area contributed by atoms with Gasteiger partial charge in [-0.15, -0.1) is 0 Å². The van der Waals surface area contributed by atoms with Crippen LogP contribution in [0, 0.1) is 0 Å². The molecule has 0 bridgehead atoms. The first-order chi connectivity index (χ1) is 15.3. The number of nitrogens with one attached hydrogen (secondary N) is 2. The van der Waals surface area contributed by atoms with Gasteiger partial charge in [-0.25, -0.2) is 0 Å². The van der Waals surface area contributed by atoms with Crippen molar-refractivity contribution >= 4 is 17.7 Å². The van der Waals surface area contributed by atoms with Gasteiger partial charge in [-0.05, 0) is 37.5 Å². The number of hydrogen-bond acceptors (Lipinski definition) is 5. The number of ether oxygens (including phenoxy) is 1. The van der Waals surface area contributed by atoms with E-state index in [0.29, 0.717) is 12.2 Å². The van der Waals surface area contributed by atoms with E-state index in [1.54, 1.807) is 21.1 Å². The third kappa shape index (κ3) is 4.06. The molecule has 1 fully saturated rings. The van der Waals surface area contributed by atoms with E-state index < -0.39 is 5.54 Å². The van der Waals surface area contributed by atoms with Crippen LogP contribution in [0.1, 0.15) is 59.1 Å². The molecule has 9 heteroatoms. The minimum absolute atomic E-state index is 0.149. The van der Waals surface area contributed by atoms with E-state index in [9.17, 15) is 14.4 Å². The van der Waals surface area contributed by atoms with Crippen LogP contribution in [0.3, 0.4) is 0 Å². The summed E-state index contributed by atoms with van der Waals surface area (Å²) in [6.45, 7) is 2.25. The van der Waals surface area contributed by atoms with Crippen LogP contribution >= 0.6 is 0 Å². The summed E-state index contributed by atoms with van der Waals surface area (Å²) in [5.41, 5.74) is 0.286. The maximum atomic E-state index is 13.1. The number of methoxy groups -OCH3 is 1. The Bertz CT molecular complexity index is 1030. The number of rotatable bonds is 6. The van der Waals surface area contributed by atoms with Crippen molar-refractivity contribution in [3.05, 3.63) is 47.3 Å². The normalized spacial score (nSPS) is 20.7. The van der Waals surface area contributed by atoms with E-state index in [0.717, 1.165) is 37.0 Å². The second-order valence-corrected chi connectivity index (χ2v) is 8.70. The van der Waals surface area contributed by atoms with E-state index in [2.05, 4.69) is 15.7 Å². The molecule has 170 valence electrons. The Kier molecular flexibility index (Phi) is 5.90. The zero-order chi connectivity index (χ0) is 22.9. The monoisotopic (exact) mass is 439 g/mol. The van der Waals surface area contributed by atoms with Gasteiger partial charge < -0.3 is 20.3 Å². The lowest BCUT2D eigenvalue weighted by Crippen LogP contribution is -2.63. The second kappa shape index (κ2) is 8.64. The molecule has 0 radical (unpaired) electrons. The molecule has 9 nitrogen and oxygen atoms in total. The zero-order valence-corrected chi connectivity index (χ0v) is 18.7. The number of likely N-dealkylation sites (N-methyl/N-ethyl adjacent to an activating group) is 1. The molecular formula is C23H29N5O4. The molecule has 32 heavy (non-hydrogen) atoms. The van der Waals surface area contributed by atoms with Crippen LogP contribution in [0.2, 0.25) is 0 Å². The first-order valence-corrected chi connectivity index (χ1v) is 10.9. The maximum Gasteiger partial charge on any atom is 0.272 e. The minimum Gasteiger partial charge on any atom is -0.497 e. The fourth-order valence-corrected chi connectivity index (χ4v) is 4.27. The van der Waals surface area contributed by atoms with E-state index in [4.69, 9.17) is 4.74 Å². The Morgan fingerprint density at radius 1 is 1.22 bits per heavy atom. The van der Waals surface area contributed by atoms with E-state index in [1.807, 2.05) is 24.3 Å². The Morgan fingerprint density at radius 3 is 2.56 bits per heavy atom. The molecule has 1 saturated carbocycles. The van der Waals surface area contributed by atoms with Crippen LogP contribution in [-0.2, 0) is 17.9 Å². The van der Waals surface area contributed by atoms with Gasteiger partial charge in [0.1, 0.15) is 17.0 Å². The molecular weight excluding hydrogens is 410 g/mol.